The summed E-state index contributed by atoms with van der Waals surface area (Å²) in [5, 5.41) is 24.2. The molecule has 0 spiro atoms. The molecule has 2 rings (SSSR count). The van der Waals surface area contributed by atoms with E-state index in [0.717, 1.165) is 0 Å². The maximum atomic E-state index is 4.96. The molecule has 11 heavy (non-hydrogen) atoms. The number of aromatic nitrogens is 8. The SMILES string of the molecule is Nc1nn[nH]n1.c1nn[nH]n1. The Hall–Kier alpha value is -2.06. The summed E-state index contributed by atoms with van der Waals surface area (Å²) in [6, 6.07) is 0. The Balaban J connectivity index is 0.000000112. The third-order valence-electron chi connectivity index (χ3n) is 0.631. The van der Waals surface area contributed by atoms with E-state index in [0.29, 0.717) is 0 Å². The average molecular weight is 155 g/mol. The van der Waals surface area contributed by atoms with Crippen LogP contribution in [0.4, 0.5) is 5.95 Å². The quantitative estimate of drug-likeness (QED) is 0.399. The number of nitrogens with two attached hydrogens (primary N) is 1. The highest BCUT2D eigenvalue weighted by atomic mass is 15.5. The Morgan fingerprint density at radius 2 is 2.18 bits per heavy atom. The number of rotatable bonds is 0. The van der Waals surface area contributed by atoms with Crippen LogP contribution in [0.25, 0.3) is 0 Å². The van der Waals surface area contributed by atoms with Crippen LogP contribution in [0, 0.1) is 0 Å². The van der Waals surface area contributed by atoms with Crippen molar-refractivity contribution in [2.75, 3.05) is 5.73 Å². The van der Waals surface area contributed by atoms with Crippen LogP contribution in [0.15, 0.2) is 6.33 Å². The lowest BCUT2D eigenvalue weighted by Crippen LogP contribution is -1.84. The Bertz CT molecular complexity index is 226. The molecular formula is C2H5N9. The van der Waals surface area contributed by atoms with Crippen LogP contribution in [0.5, 0.6) is 0 Å². The van der Waals surface area contributed by atoms with Gasteiger partial charge in [-0.1, -0.05) is 10.3 Å². The second-order valence-electron chi connectivity index (χ2n) is 1.33. The van der Waals surface area contributed by atoms with E-state index in [-0.39, 0.29) is 5.95 Å². The topological polar surface area (TPSA) is 135 Å². The van der Waals surface area contributed by atoms with Crippen LogP contribution >= 0.6 is 0 Å². The number of aromatic amines is 2. The fraction of sp³-hybridized carbons (Fsp3) is 0. The molecular weight excluding hydrogens is 150 g/mol. The van der Waals surface area contributed by atoms with Gasteiger partial charge >= 0.3 is 0 Å². The van der Waals surface area contributed by atoms with Crippen molar-refractivity contribution in [2.45, 2.75) is 0 Å². The average Bonchev–Trinajstić information content (AvgIpc) is 2.57. The van der Waals surface area contributed by atoms with Crippen molar-refractivity contribution in [2.24, 2.45) is 0 Å². The number of tetrazole rings is 2. The smallest absolute Gasteiger partial charge is 0.260 e. The van der Waals surface area contributed by atoms with Crippen LogP contribution in [0.2, 0.25) is 0 Å². The highest BCUT2D eigenvalue weighted by Gasteiger charge is 1.78. The highest BCUT2D eigenvalue weighted by Crippen LogP contribution is 1.72. The molecule has 0 bridgehead atoms. The van der Waals surface area contributed by atoms with E-state index in [2.05, 4.69) is 41.2 Å². The minimum Gasteiger partial charge on any atom is -0.365 e. The van der Waals surface area contributed by atoms with E-state index in [1.54, 1.807) is 0 Å². The van der Waals surface area contributed by atoms with Crippen molar-refractivity contribution < 1.29 is 0 Å². The van der Waals surface area contributed by atoms with E-state index in [9.17, 15) is 0 Å². The molecule has 0 fully saturated rings. The number of nitrogens with one attached hydrogen (secondary N) is 2. The summed E-state index contributed by atoms with van der Waals surface area (Å²) in [6.45, 7) is 0. The van der Waals surface area contributed by atoms with Crippen LogP contribution in [-0.2, 0) is 0 Å². The van der Waals surface area contributed by atoms with Gasteiger partial charge in [-0.25, -0.2) is 0 Å². The standard InChI is InChI=1S/CH3N5.CH2N4/c2-1-3-5-6-4-1;1-2-4-5-3-1/h(H3,2,3,4,5,6);1H,(H,2,3,4,5). The van der Waals surface area contributed by atoms with Gasteiger partial charge in [-0.3, -0.25) is 0 Å². The number of anilines is 1. The zero-order chi connectivity index (χ0) is 7.94. The highest BCUT2D eigenvalue weighted by molar-refractivity contribution is 5.05. The molecule has 9 heteroatoms. The molecule has 58 valence electrons. The Morgan fingerprint density at radius 1 is 1.27 bits per heavy atom. The van der Waals surface area contributed by atoms with E-state index >= 15 is 0 Å². The van der Waals surface area contributed by atoms with Crippen LogP contribution < -0.4 is 5.73 Å². The second-order valence-corrected chi connectivity index (χ2v) is 1.33. The van der Waals surface area contributed by atoms with Crippen LogP contribution in [0.3, 0.4) is 0 Å². The first-order valence-electron chi connectivity index (χ1n) is 2.55. The van der Waals surface area contributed by atoms with E-state index < -0.39 is 0 Å². The van der Waals surface area contributed by atoms with Crippen LogP contribution in [0.1, 0.15) is 0 Å². The summed E-state index contributed by atoms with van der Waals surface area (Å²) < 4.78 is 0. The summed E-state index contributed by atoms with van der Waals surface area (Å²) in [5.74, 6) is 0.176. The first kappa shape index (κ1) is 7.05. The molecule has 4 N–H and O–H groups in total. The number of hydrogen-bond acceptors (Lipinski definition) is 7. The molecule has 0 unspecified atom stereocenters. The Kier molecular flexibility index (Phi) is 2.48. The molecule has 0 saturated heterocycles. The number of nitrogen functional groups attached to an aromatic ring is 1. The number of H-pyrrole nitrogens is 2. The molecule has 0 aliphatic carbocycles. The summed E-state index contributed by atoms with van der Waals surface area (Å²) in [5.41, 5.74) is 4.96. The van der Waals surface area contributed by atoms with Gasteiger partial charge in [0.1, 0.15) is 0 Å². The Morgan fingerprint density at radius 3 is 2.36 bits per heavy atom. The molecule has 0 atom stereocenters. The molecule has 0 saturated carbocycles. The van der Waals surface area contributed by atoms with Gasteiger partial charge < -0.3 is 5.73 Å². The van der Waals surface area contributed by atoms with Crippen molar-refractivity contribution >= 4 is 5.95 Å². The van der Waals surface area contributed by atoms with Gasteiger partial charge in [0.25, 0.3) is 5.95 Å². The zero-order valence-corrected chi connectivity index (χ0v) is 5.34. The maximum absolute atomic E-state index is 4.96. The summed E-state index contributed by atoms with van der Waals surface area (Å²) in [6.07, 6.45) is 1.33. The summed E-state index contributed by atoms with van der Waals surface area (Å²) in [4.78, 5) is 0. The van der Waals surface area contributed by atoms with Gasteiger partial charge in [-0.05, 0) is 5.21 Å². The molecule has 0 aliphatic heterocycles. The molecule has 0 radical (unpaired) electrons. The minimum atomic E-state index is 0.176. The predicted molar refractivity (Wildman–Crippen MR) is 32.8 cm³/mol. The lowest BCUT2D eigenvalue weighted by Gasteiger charge is -1.62. The van der Waals surface area contributed by atoms with Gasteiger partial charge in [0.2, 0.25) is 0 Å². The third kappa shape index (κ3) is 2.84. The summed E-state index contributed by atoms with van der Waals surface area (Å²) >= 11 is 0. The molecule has 2 heterocycles. The summed E-state index contributed by atoms with van der Waals surface area (Å²) in [7, 11) is 0. The van der Waals surface area contributed by atoms with Crippen molar-refractivity contribution in [1.29, 1.82) is 0 Å². The first-order chi connectivity index (χ1) is 5.39. The fourth-order valence-corrected chi connectivity index (χ4v) is 0.299. The molecule has 0 aromatic carbocycles. The predicted octanol–water partition coefficient (Wildman–Crippen LogP) is -2.02. The van der Waals surface area contributed by atoms with Gasteiger partial charge in [-0.15, -0.1) is 15.3 Å². The van der Waals surface area contributed by atoms with Crippen molar-refractivity contribution in [1.82, 2.24) is 41.2 Å². The monoisotopic (exact) mass is 155 g/mol. The number of nitrogens with zero attached hydrogens (tertiary/aromatic N) is 6. The van der Waals surface area contributed by atoms with Crippen molar-refractivity contribution in [3.63, 3.8) is 0 Å². The maximum Gasteiger partial charge on any atom is 0.260 e. The normalized spacial score (nSPS) is 8.36. The molecule has 2 aromatic heterocycles. The van der Waals surface area contributed by atoms with Crippen molar-refractivity contribution in [3.8, 4) is 0 Å². The van der Waals surface area contributed by atoms with Gasteiger partial charge in [0, 0.05) is 0 Å². The molecule has 9 nitrogen and oxygen atoms in total. The fourth-order valence-electron chi connectivity index (χ4n) is 0.299. The van der Waals surface area contributed by atoms with E-state index in [4.69, 9.17) is 5.73 Å². The van der Waals surface area contributed by atoms with Gasteiger partial charge in [-0.2, -0.15) is 10.4 Å². The van der Waals surface area contributed by atoms with E-state index in [1.165, 1.54) is 6.33 Å². The molecule has 0 aliphatic rings. The first-order valence-corrected chi connectivity index (χ1v) is 2.55. The minimum absolute atomic E-state index is 0.176. The van der Waals surface area contributed by atoms with Crippen molar-refractivity contribution in [3.05, 3.63) is 6.33 Å². The largest absolute Gasteiger partial charge is 0.365 e. The zero-order valence-electron chi connectivity index (χ0n) is 5.34. The Labute approximate surface area is 60.4 Å². The van der Waals surface area contributed by atoms with Crippen LogP contribution in [-0.4, -0.2) is 41.2 Å². The molecule has 2 aromatic rings. The molecule has 0 amide bonds. The van der Waals surface area contributed by atoms with Gasteiger partial charge in [0.05, 0.1) is 0 Å². The lowest BCUT2D eigenvalue weighted by molar-refractivity contribution is 0.881. The number of hydrogen-bond donors (Lipinski definition) is 3. The van der Waals surface area contributed by atoms with E-state index in [1.807, 2.05) is 0 Å². The third-order valence-corrected chi connectivity index (χ3v) is 0.631. The second kappa shape index (κ2) is 3.87. The van der Waals surface area contributed by atoms with Gasteiger partial charge in [0.15, 0.2) is 6.33 Å². The lowest BCUT2D eigenvalue weighted by atomic mass is 11.2.